The standard InChI is InChI=1S/C26H21NO6/c1-15-5-3-4-6-19(15)23-22(24(28)16-7-12-20-21(13-16)33-14-32-20)25(29)26(30)27(23)17-8-10-18(31-2)11-9-17/h3-13,23,28H,14H2,1-2H3/b24-22+. The number of aliphatic hydroxyl groups is 1. The van der Waals surface area contributed by atoms with Gasteiger partial charge in [0.15, 0.2) is 11.5 Å². The summed E-state index contributed by atoms with van der Waals surface area (Å²) in [4.78, 5) is 27.9. The molecule has 0 radical (unpaired) electrons. The number of fused-ring (bicyclic) bond motifs is 1. The van der Waals surface area contributed by atoms with Gasteiger partial charge in [-0.1, -0.05) is 24.3 Å². The lowest BCUT2D eigenvalue weighted by Crippen LogP contribution is -2.29. The highest BCUT2D eigenvalue weighted by Crippen LogP contribution is 2.44. The minimum absolute atomic E-state index is 0.0176. The van der Waals surface area contributed by atoms with E-state index in [4.69, 9.17) is 14.2 Å². The highest BCUT2D eigenvalue weighted by molar-refractivity contribution is 6.51. The number of hydrogen-bond donors (Lipinski definition) is 1. The normalized spacial score (nSPS) is 18.6. The maximum atomic E-state index is 13.3. The van der Waals surface area contributed by atoms with Crippen LogP contribution in [0, 0.1) is 6.92 Å². The van der Waals surface area contributed by atoms with Gasteiger partial charge in [-0.2, -0.15) is 0 Å². The third kappa shape index (κ3) is 3.38. The lowest BCUT2D eigenvalue weighted by molar-refractivity contribution is -0.132. The summed E-state index contributed by atoms with van der Waals surface area (Å²) in [5.41, 5.74) is 2.54. The van der Waals surface area contributed by atoms with Crippen LogP contribution < -0.4 is 19.1 Å². The first kappa shape index (κ1) is 20.6. The monoisotopic (exact) mass is 443 g/mol. The van der Waals surface area contributed by atoms with Gasteiger partial charge >= 0.3 is 0 Å². The summed E-state index contributed by atoms with van der Waals surface area (Å²) >= 11 is 0. The van der Waals surface area contributed by atoms with Gasteiger partial charge in [-0.15, -0.1) is 0 Å². The Kier molecular flexibility index (Phi) is 5.01. The molecule has 33 heavy (non-hydrogen) atoms. The van der Waals surface area contributed by atoms with Gasteiger partial charge in [0.1, 0.15) is 11.5 Å². The Bertz CT molecular complexity index is 1290. The van der Waals surface area contributed by atoms with E-state index >= 15 is 0 Å². The largest absolute Gasteiger partial charge is 0.507 e. The second-order valence-electron chi connectivity index (χ2n) is 7.79. The third-order valence-electron chi connectivity index (χ3n) is 5.92. The van der Waals surface area contributed by atoms with Gasteiger partial charge in [0.25, 0.3) is 11.7 Å². The van der Waals surface area contributed by atoms with Gasteiger partial charge in [0, 0.05) is 11.3 Å². The van der Waals surface area contributed by atoms with E-state index in [2.05, 4.69) is 0 Å². The predicted molar refractivity (Wildman–Crippen MR) is 122 cm³/mol. The summed E-state index contributed by atoms with van der Waals surface area (Å²) < 4.78 is 16.0. The van der Waals surface area contributed by atoms with E-state index in [1.54, 1.807) is 49.6 Å². The number of ketones is 1. The average Bonchev–Trinajstić information content (AvgIpc) is 3.41. The minimum Gasteiger partial charge on any atom is -0.507 e. The summed E-state index contributed by atoms with van der Waals surface area (Å²) in [5.74, 6) is -0.0828. The molecule has 3 aromatic rings. The molecule has 166 valence electrons. The molecule has 1 atom stereocenters. The molecule has 5 rings (SSSR count). The Morgan fingerprint density at radius 3 is 2.45 bits per heavy atom. The van der Waals surface area contributed by atoms with E-state index in [1.165, 1.54) is 4.90 Å². The van der Waals surface area contributed by atoms with Crippen LogP contribution in [0.3, 0.4) is 0 Å². The molecule has 0 aliphatic carbocycles. The number of aryl methyl sites for hydroxylation is 1. The van der Waals surface area contributed by atoms with Crippen molar-refractivity contribution in [2.24, 2.45) is 0 Å². The first-order valence-corrected chi connectivity index (χ1v) is 10.4. The number of anilines is 1. The molecule has 0 bridgehead atoms. The van der Waals surface area contributed by atoms with E-state index in [0.29, 0.717) is 28.5 Å². The van der Waals surface area contributed by atoms with Crippen molar-refractivity contribution in [2.45, 2.75) is 13.0 Å². The highest BCUT2D eigenvalue weighted by atomic mass is 16.7. The minimum atomic E-state index is -0.801. The van der Waals surface area contributed by atoms with Crippen LogP contribution in [0.2, 0.25) is 0 Å². The Morgan fingerprint density at radius 1 is 1.00 bits per heavy atom. The number of amides is 1. The molecule has 2 aliphatic heterocycles. The van der Waals surface area contributed by atoms with Crippen LogP contribution in [0.5, 0.6) is 17.2 Å². The van der Waals surface area contributed by atoms with Crippen molar-refractivity contribution >= 4 is 23.1 Å². The molecule has 7 heteroatoms. The van der Waals surface area contributed by atoms with Crippen LogP contribution in [0.4, 0.5) is 5.69 Å². The molecule has 1 fully saturated rings. The van der Waals surface area contributed by atoms with Gasteiger partial charge in [0.2, 0.25) is 6.79 Å². The van der Waals surface area contributed by atoms with Crippen molar-refractivity contribution in [1.82, 2.24) is 0 Å². The summed E-state index contributed by atoms with van der Waals surface area (Å²) in [6, 6.07) is 18.5. The molecule has 1 unspecified atom stereocenters. The number of ether oxygens (including phenoxy) is 3. The molecule has 0 spiro atoms. The molecule has 2 aliphatic rings. The fourth-order valence-electron chi connectivity index (χ4n) is 4.23. The number of nitrogens with zero attached hydrogens (tertiary/aromatic N) is 1. The Hall–Kier alpha value is -4.26. The average molecular weight is 443 g/mol. The zero-order chi connectivity index (χ0) is 23.1. The van der Waals surface area contributed by atoms with E-state index < -0.39 is 17.7 Å². The number of benzene rings is 3. The van der Waals surface area contributed by atoms with E-state index in [-0.39, 0.29) is 18.1 Å². The van der Waals surface area contributed by atoms with Gasteiger partial charge in [-0.05, 0) is 60.5 Å². The molecule has 1 saturated heterocycles. The summed E-state index contributed by atoms with van der Waals surface area (Å²) in [5, 5.41) is 11.3. The predicted octanol–water partition coefficient (Wildman–Crippen LogP) is 4.36. The Balaban J connectivity index is 1.70. The first-order chi connectivity index (χ1) is 16.0. The number of methoxy groups -OCH3 is 1. The van der Waals surface area contributed by atoms with Crippen molar-refractivity contribution in [3.05, 3.63) is 89.0 Å². The van der Waals surface area contributed by atoms with Crippen molar-refractivity contribution in [1.29, 1.82) is 0 Å². The topological polar surface area (TPSA) is 85.3 Å². The van der Waals surface area contributed by atoms with Crippen LogP contribution in [-0.2, 0) is 9.59 Å². The van der Waals surface area contributed by atoms with Gasteiger partial charge in [-0.3, -0.25) is 14.5 Å². The summed E-state index contributed by atoms with van der Waals surface area (Å²) in [7, 11) is 1.56. The maximum absolute atomic E-state index is 13.3. The second kappa shape index (κ2) is 8.02. The van der Waals surface area contributed by atoms with E-state index in [0.717, 1.165) is 11.1 Å². The number of carbonyl (C=O) groups excluding carboxylic acids is 2. The van der Waals surface area contributed by atoms with Crippen LogP contribution in [0.1, 0.15) is 22.7 Å². The molecule has 0 saturated carbocycles. The molecule has 1 amide bonds. The summed E-state index contributed by atoms with van der Waals surface area (Å²) in [6.07, 6.45) is 0. The number of hydrogen-bond acceptors (Lipinski definition) is 6. The van der Waals surface area contributed by atoms with Crippen LogP contribution in [0.25, 0.3) is 5.76 Å². The lowest BCUT2D eigenvalue weighted by atomic mass is 9.92. The third-order valence-corrected chi connectivity index (χ3v) is 5.92. The van der Waals surface area contributed by atoms with Gasteiger partial charge in [-0.25, -0.2) is 0 Å². The first-order valence-electron chi connectivity index (χ1n) is 10.4. The smallest absolute Gasteiger partial charge is 0.300 e. The number of rotatable bonds is 4. The fourth-order valence-corrected chi connectivity index (χ4v) is 4.23. The fraction of sp³-hybridized carbons (Fsp3) is 0.154. The second-order valence-corrected chi connectivity index (χ2v) is 7.79. The molecule has 1 N–H and O–H groups in total. The molecule has 7 nitrogen and oxygen atoms in total. The number of aliphatic hydroxyl groups excluding tert-OH is 1. The van der Waals surface area contributed by atoms with Gasteiger partial charge in [0.05, 0.1) is 18.7 Å². The lowest BCUT2D eigenvalue weighted by Gasteiger charge is -2.26. The van der Waals surface area contributed by atoms with Crippen molar-refractivity contribution in [3.63, 3.8) is 0 Å². The SMILES string of the molecule is COc1ccc(N2C(=O)C(=O)/C(=C(/O)c3ccc4c(c3)OCO4)C2c2ccccc2C)cc1. The number of carbonyl (C=O) groups is 2. The van der Waals surface area contributed by atoms with Crippen molar-refractivity contribution < 1.29 is 28.9 Å². The van der Waals surface area contributed by atoms with E-state index in [1.807, 2.05) is 31.2 Å². The van der Waals surface area contributed by atoms with E-state index in [9.17, 15) is 14.7 Å². The molecular formula is C26H21NO6. The van der Waals surface area contributed by atoms with Crippen molar-refractivity contribution in [2.75, 3.05) is 18.8 Å². The molecule has 2 heterocycles. The van der Waals surface area contributed by atoms with Crippen LogP contribution in [0.15, 0.2) is 72.3 Å². The molecule has 0 aromatic heterocycles. The van der Waals surface area contributed by atoms with Gasteiger partial charge < -0.3 is 19.3 Å². The van der Waals surface area contributed by atoms with Crippen LogP contribution in [-0.4, -0.2) is 30.7 Å². The Labute approximate surface area is 190 Å². The molecule has 3 aromatic carbocycles. The highest BCUT2D eigenvalue weighted by Gasteiger charge is 2.47. The zero-order valence-electron chi connectivity index (χ0n) is 18.1. The summed E-state index contributed by atoms with van der Waals surface area (Å²) in [6.45, 7) is 1.99. The van der Waals surface area contributed by atoms with Crippen LogP contribution >= 0.6 is 0 Å². The number of Topliss-reactive ketones (excluding diaryl/α,β-unsaturated/α-hetero) is 1. The zero-order valence-corrected chi connectivity index (χ0v) is 18.1. The van der Waals surface area contributed by atoms with Crippen molar-refractivity contribution in [3.8, 4) is 17.2 Å². The Morgan fingerprint density at radius 2 is 1.73 bits per heavy atom. The quantitative estimate of drug-likeness (QED) is 0.366. The maximum Gasteiger partial charge on any atom is 0.300 e. The molecular weight excluding hydrogens is 422 g/mol.